The average Bonchev–Trinajstić information content (AvgIpc) is 2.56. The Labute approximate surface area is 146 Å². The van der Waals surface area contributed by atoms with Crippen LogP contribution in [0.1, 0.15) is 31.1 Å². The molecular formula is C16H24N2O5S. The zero-order valence-corrected chi connectivity index (χ0v) is 15.2. The molecule has 0 saturated heterocycles. The second-order valence-electron chi connectivity index (χ2n) is 4.54. The van der Waals surface area contributed by atoms with E-state index in [0.29, 0.717) is 42.6 Å². The summed E-state index contributed by atoms with van der Waals surface area (Å²) in [5, 5.41) is 0. The van der Waals surface area contributed by atoms with Crippen LogP contribution < -0.4 is 25.1 Å². The van der Waals surface area contributed by atoms with Crippen LogP contribution in [0.25, 0.3) is 0 Å². The number of hydrazine groups is 1. The van der Waals surface area contributed by atoms with E-state index in [2.05, 4.69) is 10.9 Å². The van der Waals surface area contributed by atoms with E-state index in [1.165, 1.54) is 11.8 Å². The third kappa shape index (κ3) is 5.84. The van der Waals surface area contributed by atoms with Crippen LogP contribution in [0.4, 0.5) is 0 Å². The van der Waals surface area contributed by atoms with Gasteiger partial charge in [-0.05, 0) is 39.2 Å². The first-order valence-corrected chi connectivity index (χ1v) is 9.11. The molecule has 0 aliphatic carbocycles. The second kappa shape index (κ2) is 10.6. The van der Waals surface area contributed by atoms with Gasteiger partial charge in [-0.3, -0.25) is 20.4 Å². The molecular weight excluding hydrogens is 332 g/mol. The Morgan fingerprint density at radius 3 is 1.96 bits per heavy atom. The molecule has 1 rings (SSSR count). The Bertz CT molecular complexity index is 538. The van der Waals surface area contributed by atoms with E-state index in [1.54, 1.807) is 18.4 Å². The van der Waals surface area contributed by atoms with Crippen molar-refractivity contribution in [1.82, 2.24) is 10.9 Å². The van der Waals surface area contributed by atoms with Gasteiger partial charge in [-0.2, -0.15) is 11.8 Å². The molecule has 0 spiro atoms. The van der Waals surface area contributed by atoms with Crippen molar-refractivity contribution in [3.63, 3.8) is 0 Å². The van der Waals surface area contributed by atoms with Gasteiger partial charge < -0.3 is 14.2 Å². The van der Waals surface area contributed by atoms with Gasteiger partial charge in [-0.25, -0.2) is 0 Å². The molecule has 0 heterocycles. The molecule has 0 aliphatic rings. The lowest BCUT2D eigenvalue weighted by Crippen LogP contribution is -2.42. The number of nitrogens with one attached hydrogen (secondary N) is 2. The highest BCUT2D eigenvalue weighted by molar-refractivity contribution is 7.99. The zero-order valence-electron chi connectivity index (χ0n) is 14.4. The molecule has 0 aromatic heterocycles. The number of hydrogen-bond acceptors (Lipinski definition) is 6. The minimum Gasteiger partial charge on any atom is -0.490 e. The average molecular weight is 356 g/mol. The molecule has 0 atom stereocenters. The van der Waals surface area contributed by atoms with Gasteiger partial charge in [0.05, 0.1) is 25.6 Å². The number of benzene rings is 1. The van der Waals surface area contributed by atoms with Crippen LogP contribution >= 0.6 is 11.8 Å². The Morgan fingerprint density at radius 2 is 1.50 bits per heavy atom. The van der Waals surface area contributed by atoms with Gasteiger partial charge in [-0.1, -0.05) is 0 Å². The molecule has 1 aromatic carbocycles. The predicted octanol–water partition coefficient (Wildman–Crippen LogP) is 2.01. The minimum absolute atomic E-state index is 0.262. The van der Waals surface area contributed by atoms with Gasteiger partial charge in [-0.15, -0.1) is 0 Å². The standard InChI is InChI=1S/C16H24N2O5S/c1-5-21-12-8-11(16(20)18-17-14(19)10-24-4)9-13(22-6-2)15(12)23-7-3/h8-9H,5-7,10H2,1-4H3,(H,17,19)(H,18,20). The normalized spacial score (nSPS) is 10.0. The summed E-state index contributed by atoms with van der Waals surface area (Å²) < 4.78 is 16.7. The maximum Gasteiger partial charge on any atom is 0.269 e. The molecule has 0 saturated carbocycles. The molecule has 1 aromatic rings. The van der Waals surface area contributed by atoms with E-state index < -0.39 is 5.91 Å². The lowest BCUT2D eigenvalue weighted by atomic mass is 10.1. The SMILES string of the molecule is CCOc1cc(C(=O)NNC(=O)CSC)cc(OCC)c1OCC. The smallest absolute Gasteiger partial charge is 0.269 e. The van der Waals surface area contributed by atoms with Crippen molar-refractivity contribution in [1.29, 1.82) is 0 Å². The molecule has 134 valence electrons. The lowest BCUT2D eigenvalue weighted by molar-refractivity contribution is -0.119. The molecule has 8 heteroatoms. The van der Waals surface area contributed by atoms with E-state index >= 15 is 0 Å². The molecule has 0 aliphatic heterocycles. The Balaban J connectivity index is 3.04. The van der Waals surface area contributed by atoms with Crippen molar-refractivity contribution in [2.45, 2.75) is 20.8 Å². The summed E-state index contributed by atoms with van der Waals surface area (Å²) in [7, 11) is 0. The third-order valence-electron chi connectivity index (χ3n) is 2.76. The molecule has 0 unspecified atom stereocenters. The van der Waals surface area contributed by atoms with Gasteiger partial charge in [0.15, 0.2) is 11.5 Å². The highest BCUT2D eigenvalue weighted by Gasteiger charge is 2.18. The summed E-state index contributed by atoms with van der Waals surface area (Å²) in [6.45, 7) is 6.81. The highest BCUT2D eigenvalue weighted by Crippen LogP contribution is 2.39. The van der Waals surface area contributed by atoms with E-state index in [9.17, 15) is 9.59 Å². The number of amides is 2. The number of hydrogen-bond donors (Lipinski definition) is 2. The van der Waals surface area contributed by atoms with Crippen LogP contribution in [-0.4, -0.2) is 43.6 Å². The number of ether oxygens (including phenoxy) is 3. The summed E-state index contributed by atoms with van der Waals surface area (Å²) in [5.41, 5.74) is 5.02. The van der Waals surface area contributed by atoms with E-state index in [-0.39, 0.29) is 11.7 Å². The summed E-state index contributed by atoms with van der Waals surface area (Å²) in [5.74, 6) is 0.824. The summed E-state index contributed by atoms with van der Waals surface area (Å²) in [6.07, 6.45) is 1.80. The van der Waals surface area contributed by atoms with Crippen molar-refractivity contribution in [2.24, 2.45) is 0 Å². The van der Waals surface area contributed by atoms with Gasteiger partial charge in [0, 0.05) is 5.56 Å². The maximum absolute atomic E-state index is 12.3. The van der Waals surface area contributed by atoms with Gasteiger partial charge in [0.1, 0.15) is 0 Å². The first-order chi connectivity index (χ1) is 11.6. The van der Waals surface area contributed by atoms with Crippen molar-refractivity contribution < 1.29 is 23.8 Å². The van der Waals surface area contributed by atoms with Crippen LogP contribution in [0.2, 0.25) is 0 Å². The van der Waals surface area contributed by atoms with Gasteiger partial charge >= 0.3 is 0 Å². The van der Waals surface area contributed by atoms with E-state index in [0.717, 1.165) is 0 Å². The quantitative estimate of drug-likeness (QED) is 0.658. The predicted molar refractivity (Wildman–Crippen MR) is 93.9 cm³/mol. The van der Waals surface area contributed by atoms with Crippen molar-refractivity contribution in [2.75, 3.05) is 31.8 Å². The number of rotatable bonds is 9. The topological polar surface area (TPSA) is 85.9 Å². The van der Waals surface area contributed by atoms with Crippen LogP contribution in [0.3, 0.4) is 0 Å². The lowest BCUT2D eigenvalue weighted by Gasteiger charge is -2.17. The first kappa shape index (κ1) is 20.0. The zero-order chi connectivity index (χ0) is 17.9. The molecule has 0 fully saturated rings. The molecule has 24 heavy (non-hydrogen) atoms. The summed E-state index contributed by atoms with van der Waals surface area (Å²) >= 11 is 1.36. The van der Waals surface area contributed by atoms with Crippen molar-refractivity contribution in [3.05, 3.63) is 17.7 Å². The van der Waals surface area contributed by atoms with Crippen molar-refractivity contribution >= 4 is 23.6 Å². The Kier molecular flexibility index (Phi) is 8.85. The van der Waals surface area contributed by atoms with Crippen LogP contribution in [0, 0.1) is 0 Å². The largest absolute Gasteiger partial charge is 0.490 e. The molecule has 7 nitrogen and oxygen atoms in total. The monoisotopic (exact) mass is 356 g/mol. The van der Waals surface area contributed by atoms with Crippen LogP contribution in [0.5, 0.6) is 17.2 Å². The van der Waals surface area contributed by atoms with Crippen LogP contribution in [-0.2, 0) is 4.79 Å². The maximum atomic E-state index is 12.3. The minimum atomic E-state index is -0.464. The highest BCUT2D eigenvalue weighted by atomic mass is 32.2. The molecule has 2 N–H and O–H groups in total. The van der Waals surface area contributed by atoms with E-state index in [1.807, 2.05) is 20.8 Å². The summed E-state index contributed by atoms with van der Waals surface area (Å²) in [4.78, 5) is 23.7. The molecule has 0 radical (unpaired) electrons. The number of carbonyl (C=O) groups is 2. The molecule has 0 bridgehead atoms. The third-order valence-corrected chi connectivity index (χ3v) is 3.31. The van der Waals surface area contributed by atoms with Gasteiger partial charge in [0.2, 0.25) is 11.7 Å². The number of carbonyl (C=O) groups excluding carboxylic acids is 2. The number of thioether (sulfide) groups is 1. The fourth-order valence-corrected chi connectivity index (χ4v) is 2.22. The Hall–Kier alpha value is -2.09. The second-order valence-corrected chi connectivity index (χ2v) is 5.40. The molecule has 2 amide bonds. The van der Waals surface area contributed by atoms with Crippen LogP contribution in [0.15, 0.2) is 12.1 Å². The fourth-order valence-electron chi connectivity index (χ4n) is 1.89. The Morgan fingerprint density at radius 1 is 0.958 bits per heavy atom. The summed E-state index contributed by atoms with van der Waals surface area (Å²) in [6, 6.07) is 3.13. The van der Waals surface area contributed by atoms with Gasteiger partial charge in [0.25, 0.3) is 5.91 Å². The van der Waals surface area contributed by atoms with Crippen molar-refractivity contribution in [3.8, 4) is 17.2 Å². The van der Waals surface area contributed by atoms with E-state index in [4.69, 9.17) is 14.2 Å². The first-order valence-electron chi connectivity index (χ1n) is 7.71. The fraction of sp³-hybridized carbons (Fsp3) is 0.500.